The van der Waals surface area contributed by atoms with Crippen LogP contribution in [0, 0.1) is 0 Å². The Kier molecular flexibility index (Phi) is 2.45. The highest BCUT2D eigenvalue weighted by Crippen LogP contribution is 2.37. The molecule has 3 atom stereocenters. The lowest BCUT2D eigenvalue weighted by molar-refractivity contribution is 0.102. The number of hydrogen-bond donors (Lipinski definition) is 2. The largest absolute Gasteiger partial charge is 0.397 e. The minimum Gasteiger partial charge on any atom is -0.397 e. The van der Waals surface area contributed by atoms with Crippen molar-refractivity contribution in [3.63, 3.8) is 0 Å². The number of nitrogens with two attached hydrogens (primary N) is 1. The smallest absolute Gasteiger partial charge is 0.0781 e. The molecule has 2 heterocycles. The first-order chi connectivity index (χ1) is 7.72. The van der Waals surface area contributed by atoms with Gasteiger partial charge in [-0.05, 0) is 37.5 Å². The summed E-state index contributed by atoms with van der Waals surface area (Å²) in [6.07, 6.45) is 4.28. The van der Waals surface area contributed by atoms with Crippen LogP contribution in [0.3, 0.4) is 0 Å². The molecule has 2 aliphatic rings. The second kappa shape index (κ2) is 3.82. The Hall–Kier alpha value is -0.930. The molecule has 3 nitrogen and oxygen atoms in total. The predicted octanol–water partition coefficient (Wildman–Crippen LogP) is 2.65. The molecular weight excluding hydrogens is 224 g/mol. The molecule has 4 heteroatoms. The van der Waals surface area contributed by atoms with E-state index in [4.69, 9.17) is 22.1 Å². The molecule has 2 fully saturated rings. The van der Waals surface area contributed by atoms with Crippen molar-refractivity contribution in [2.45, 2.75) is 37.5 Å². The van der Waals surface area contributed by atoms with E-state index in [0.717, 1.165) is 18.5 Å². The van der Waals surface area contributed by atoms with Crippen LogP contribution < -0.4 is 11.1 Å². The van der Waals surface area contributed by atoms with Gasteiger partial charge >= 0.3 is 0 Å². The molecule has 0 saturated carbocycles. The van der Waals surface area contributed by atoms with Gasteiger partial charge in [-0.15, -0.1) is 0 Å². The maximum Gasteiger partial charge on any atom is 0.0781 e. The van der Waals surface area contributed by atoms with Gasteiger partial charge in [0.25, 0.3) is 0 Å². The number of anilines is 2. The van der Waals surface area contributed by atoms with Crippen LogP contribution in [0.25, 0.3) is 0 Å². The van der Waals surface area contributed by atoms with Crippen molar-refractivity contribution in [3.8, 4) is 0 Å². The van der Waals surface area contributed by atoms with E-state index in [1.165, 1.54) is 6.42 Å². The van der Waals surface area contributed by atoms with Crippen molar-refractivity contribution in [2.24, 2.45) is 0 Å². The Bertz CT molecular complexity index is 410. The first kappa shape index (κ1) is 10.2. The number of hydrogen-bond acceptors (Lipinski definition) is 3. The van der Waals surface area contributed by atoms with Gasteiger partial charge in [0.1, 0.15) is 0 Å². The molecule has 0 radical (unpaired) electrons. The first-order valence-electron chi connectivity index (χ1n) is 5.69. The summed E-state index contributed by atoms with van der Waals surface area (Å²) in [5.41, 5.74) is 7.58. The summed E-state index contributed by atoms with van der Waals surface area (Å²) in [6.45, 7) is 0. The molecular formula is C12H15ClN2O. The van der Waals surface area contributed by atoms with Crippen LogP contribution in [0.4, 0.5) is 11.4 Å². The zero-order chi connectivity index (χ0) is 11.1. The number of rotatable bonds is 2. The molecule has 0 spiro atoms. The highest BCUT2D eigenvalue weighted by Gasteiger charge is 2.40. The predicted molar refractivity (Wildman–Crippen MR) is 65.8 cm³/mol. The molecule has 3 rings (SSSR count). The Balaban J connectivity index is 1.74. The maximum atomic E-state index is 5.91. The van der Waals surface area contributed by atoms with Crippen LogP contribution in [-0.4, -0.2) is 18.2 Å². The van der Waals surface area contributed by atoms with Crippen LogP contribution in [0.5, 0.6) is 0 Å². The molecule has 2 aliphatic heterocycles. The van der Waals surface area contributed by atoms with Gasteiger partial charge in [0.05, 0.1) is 29.6 Å². The van der Waals surface area contributed by atoms with Crippen molar-refractivity contribution < 1.29 is 4.74 Å². The van der Waals surface area contributed by atoms with Gasteiger partial charge in [-0.25, -0.2) is 0 Å². The number of halogens is 1. The Morgan fingerprint density at radius 2 is 2.25 bits per heavy atom. The normalized spacial score (nSPS) is 31.9. The summed E-state index contributed by atoms with van der Waals surface area (Å²) < 4.78 is 5.79. The minimum absolute atomic E-state index is 0.361. The average molecular weight is 239 g/mol. The van der Waals surface area contributed by atoms with E-state index in [1.54, 1.807) is 6.07 Å². The molecule has 1 aromatic rings. The summed E-state index contributed by atoms with van der Waals surface area (Å²) in [7, 11) is 0. The summed E-state index contributed by atoms with van der Waals surface area (Å²) in [4.78, 5) is 0. The van der Waals surface area contributed by atoms with Gasteiger partial charge in [0.15, 0.2) is 0 Å². The van der Waals surface area contributed by atoms with Crippen molar-refractivity contribution >= 4 is 23.0 Å². The molecule has 16 heavy (non-hydrogen) atoms. The van der Waals surface area contributed by atoms with E-state index in [0.29, 0.717) is 29.0 Å². The fraction of sp³-hybridized carbons (Fsp3) is 0.500. The molecule has 2 saturated heterocycles. The first-order valence-corrected chi connectivity index (χ1v) is 6.07. The van der Waals surface area contributed by atoms with Gasteiger partial charge in [0, 0.05) is 5.02 Å². The number of fused-ring (bicyclic) bond motifs is 2. The van der Waals surface area contributed by atoms with Crippen LogP contribution in [-0.2, 0) is 4.74 Å². The third-order valence-corrected chi connectivity index (χ3v) is 3.70. The van der Waals surface area contributed by atoms with E-state index >= 15 is 0 Å². The molecule has 0 amide bonds. The van der Waals surface area contributed by atoms with Crippen LogP contribution in [0.15, 0.2) is 18.2 Å². The van der Waals surface area contributed by atoms with Gasteiger partial charge in [-0.3, -0.25) is 0 Å². The zero-order valence-electron chi connectivity index (χ0n) is 8.95. The van der Waals surface area contributed by atoms with Gasteiger partial charge in [-0.2, -0.15) is 0 Å². The second-order valence-electron chi connectivity index (χ2n) is 4.59. The molecule has 0 aromatic heterocycles. The molecule has 2 bridgehead atoms. The third kappa shape index (κ3) is 1.74. The highest BCUT2D eigenvalue weighted by molar-refractivity contribution is 6.31. The lowest BCUT2D eigenvalue weighted by Gasteiger charge is -2.22. The van der Waals surface area contributed by atoms with Gasteiger partial charge in [-0.1, -0.05) is 11.6 Å². The average Bonchev–Trinajstić information content (AvgIpc) is 2.84. The molecule has 1 aromatic carbocycles. The molecule has 0 aliphatic carbocycles. The third-order valence-electron chi connectivity index (χ3n) is 3.46. The quantitative estimate of drug-likeness (QED) is 0.779. The number of ether oxygens (including phenoxy) is 1. The topological polar surface area (TPSA) is 47.3 Å². The number of benzene rings is 1. The fourth-order valence-electron chi connectivity index (χ4n) is 2.65. The van der Waals surface area contributed by atoms with Crippen LogP contribution in [0.1, 0.15) is 19.3 Å². The number of nitrogens with one attached hydrogen (secondary N) is 1. The molecule has 3 N–H and O–H groups in total. The van der Waals surface area contributed by atoms with Crippen LogP contribution >= 0.6 is 11.6 Å². The van der Waals surface area contributed by atoms with Gasteiger partial charge in [0.2, 0.25) is 0 Å². The zero-order valence-corrected chi connectivity index (χ0v) is 9.70. The minimum atomic E-state index is 0.361. The maximum absolute atomic E-state index is 5.91. The highest BCUT2D eigenvalue weighted by atomic mass is 35.5. The SMILES string of the molecule is Nc1cc(Cl)ccc1NC1CC2CCC1O2. The van der Waals surface area contributed by atoms with E-state index in [2.05, 4.69) is 5.32 Å². The molecule has 3 unspecified atom stereocenters. The van der Waals surface area contributed by atoms with E-state index in [9.17, 15) is 0 Å². The van der Waals surface area contributed by atoms with E-state index in [-0.39, 0.29) is 0 Å². The van der Waals surface area contributed by atoms with Crippen molar-refractivity contribution in [1.29, 1.82) is 0 Å². The lowest BCUT2D eigenvalue weighted by atomic mass is 9.95. The van der Waals surface area contributed by atoms with Crippen molar-refractivity contribution in [2.75, 3.05) is 11.1 Å². The summed E-state index contributed by atoms with van der Waals surface area (Å²) >= 11 is 5.86. The Labute approximate surface area is 99.9 Å². The standard InChI is InChI=1S/C12H15ClN2O/c13-7-1-3-10(9(14)5-7)15-11-6-8-2-4-12(11)16-8/h1,3,5,8,11-12,15H,2,4,6,14H2. The van der Waals surface area contributed by atoms with Crippen LogP contribution in [0.2, 0.25) is 5.02 Å². The van der Waals surface area contributed by atoms with Crippen molar-refractivity contribution in [1.82, 2.24) is 0 Å². The summed E-state index contributed by atoms with van der Waals surface area (Å²) in [6, 6.07) is 5.97. The van der Waals surface area contributed by atoms with E-state index in [1.807, 2.05) is 12.1 Å². The van der Waals surface area contributed by atoms with Gasteiger partial charge < -0.3 is 15.8 Å². The fourth-order valence-corrected chi connectivity index (χ4v) is 2.84. The Morgan fingerprint density at radius 3 is 2.88 bits per heavy atom. The Morgan fingerprint density at radius 1 is 1.38 bits per heavy atom. The van der Waals surface area contributed by atoms with Crippen molar-refractivity contribution in [3.05, 3.63) is 23.2 Å². The second-order valence-corrected chi connectivity index (χ2v) is 5.03. The summed E-state index contributed by atoms with van der Waals surface area (Å²) in [5, 5.41) is 4.13. The lowest BCUT2D eigenvalue weighted by Crippen LogP contribution is -2.30. The molecule has 86 valence electrons. The number of nitrogen functional groups attached to an aromatic ring is 1. The summed E-state index contributed by atoms with van der Waals surface area (Å²) in [5.74, 6) is 0. The monoisotopic (exact) mass is 238 g/mol. The van der Waals surface area contributed by atoms with E-state index < -0.39 is 0 Å².